The van der Waals surface area contributed by atoms with Crippen LogP contribution in [0.2, 0.25) is 5.02 Å². The van der Waals surface area contributed by atoms with Crippen LogP contribution >= 0.6 is 11.6 Å². The Hall–Kier alpha value is -3.02. The van der Waals surface area contributed by atoms with Crippen LogP contribution in [0.5, 0.6) is 0 Å². The number of hydrogen-bond acceptors (Lipinski definition) is 3. The van der Waals surface area contributed by atoms with Crippen molar-refractivity contribution in [2.24, 2.45) is 9.98 Å². The van der Waals surface area contributed by atoms with E-state index in [-0.39, 0.29) is 11.9 Å². The number of fused-ring (bicyclic) bond motifs is 3. The molecule has 3 heterocycles. The Morgan fingerprint density at radius 3 is 2.69 bits per heavy atom. The highest BCUT2D eigenvalue weighted by atomic mass is 35.5. The highest BCUT2D eigenvalue weighted by molar-refractivity contribution is 6.31. The Morgan fingerprint density at radius 1 is 1.10 bits per heavy atom. The minimum Gasteiger partial charge on any atom is -0.388 e. The molecule has 144 valence electrons. The first-order valence-electron chi connectivity index (χ1n) is 9.34. The lowest BCUT2D eigenvalue weighted by Crippen LogP contribution is -2.32. The fourth-order valence-corrected chi connectivity index (χ4v) is 4.20. The summed E-state index contributed by atoms with van der Waals surface area (Å²) in [6.07, 6.45) is 7.32. The van der Waals surface area contributed by atoms with E-state index in [2.05, 4.69) is 14.6 Å². The van der Waals surface area contributed by atoms with Gasteiger partial charge in [-0.1, -0.05) is 48.0 Å². The predicted octanol–water partition coefficient (Wildman–Crippen LogP) is 4.26. The van der Waals surface area contributed by atoms with Gasteiger partial charge in [-0.05, 0) is 47.0 Å². The second kappa shape index (κ2) is 7.10. The van der Waals surface area contributed by atoms with Gasteiger partial charge in [-0.15, -0.1) is 0 Å². The first-order valence-corrected chi connectivity index (χ1v) is 9.71. The van der Waals surface area contributed by atoms with E-state index in [9.17, 15) is 9.50 Å². The van der Waals surface area contributed by atoms with Crippen LogP contribution in [0.25, 0.3) is 17.2 Å². The van der Waals surface area contributed by atoms with Gasteiger partial charge < -0.3 is 9.67 Å². The molecule has 4 nitrogen and oxygen atoms in total. The second-order valence-electron chi connectivity index (χ2n) is 7.14. The lowest BCUT2D eigenvalue weighted by Gasteiger charge is -2.22. The lowest BCUT2D eigenvalue weighted by molar-refractivity contribution is 0.152. The standard InChI is InChI=1S/C23H17ClFN3O/c24-20-10-15(14-4-7-16(25)8-5-14)6-9-19(20)22(29)12-18-3-1-2-17-11-21-23(28(17)18)27-13-26-21/h1-11,13,18,22,29H,12H2. The molecule has 3 aromatic rings. The van der Waals surface area contributed by atoms with Crippen molar-refractivity contribution in [2.75, 3.05) is 0 Å². The first kappa shape index (κ1) is 18.0. The van der Waals surface area contributed by atoms with Crippen LogP contribution in [0, 0.1) is 5.82 Å². The third-order valence-corrected chi connectivity index (χ3v) is 5.66. The molecule has 1 N–H and O–H groups in total. The van der Waals surface area contributed by atoms with E-state index < -0.39 is 6.10 Å². The molecule has 0 spiro atoms. The third kappa shape index (κ3) is 3.22. The molecule has 0 aliphatic carbocycles. The summed E-state index contributed by atoms with van der Waals surface area (Å²) in [6, 6.07) is 13.7. The molecule has 2 unspecified atom stereocenters. The van der Waals surface area contributed by atoms with E-state index in [1.165, 1.54) is 12.1 Å². The molecule has 2 atom stereocenters. The second-order valence-corrected chi connectivity index (χ2v) is 7.54. The molecule has 2 aliphatic heterocycles. The summed E-state index contributed by atoms with van der Waals surface area (Å²) < 4.78 is 15.2. The highest BCUT2D eigenvalue weighted by Gasteiger charge is 2.22. The van der Waals surface area contributed by atoms with Crippen molar-refractivity contribution in [1.29, 1.82) is 0 Å². The number of aliphatic hydroxyl groups is 1. The van der Waals surface area contributed by atoms with Gasteiger partial charge in [0, 0.05) is 16.8 Å². The van der Waals surface area contributed by atoms with Crippen LogP contribution in [0.1, 0.15) is 24.1 Å². The molecular formula is C23H17ClFN3O. The average Bonchev–Trinajstić information content (AvgIpc) is 3.29. The van der Waals surface area contributed by atoms with E-state index in [0.717, 1.165) is 27.7 Å². The van der Waals surface area contributed by atoms with E-state index in [4.69, 9.17) is 11.6 Å². The van der Waals surface area contributed by atoms with Crippen molar-refractivity contribution in [2.45, 2.75) is 18.6 Å². The minimum absolute atomic E-state index is 0.0490. The molecule has 2 aromatic carbocycles. The van der Waals surface area contributed by atoms with Crippen LogP contribution in [-0.2, 0) is 0 Å². The molecule has 5 rings (SSSR count). The quantitative estimate of drug-likeness (QED) is 0.693. The highest BCUT2D eigenvalue weighted by Crippen LogP contribution is 2.33. The van der Waals surface area contributed by atoms with Crippen molar-refractivity contribution < 1.29 is 9.50 Å². The van der Waals surface area contributed by atoms with Gasteiger partial charge in [0.1, 0.15) is 17.8 Å². The largest absolute Gasteiger partial charge is 0.388 e. The van der Waals surface area contributed by atoms with Crippen LogP contribution in [0.4, 0.5) is 10.1 Å². The fraction of sp³-hybridized carbons (Fsp3) is 0.130. The molecule has 0 amide bonds. The molecule has 0 bridgehead atoms. The zero-order chi connectivity index (χ0) is 20.0. The van der Waals surface area contributed by atoms with Crippen LogP contribution in [0.3, 0.4) is 0 Å². The van der Waals surface area contributed by atoms with E-state index in [1.807, 2.05) is 36.4 Å². The summed E-state index contributed by atoms with van der Waals surface area (Å²) in [5.74, 6) is -0.280. The smallest absolute Gasteiger partial charge is 0.161 e. The van der Waals surface area contributed by atoms with Gasteiger partial charge in [0.05, 0.1) is 12.1 Å². The van der Waals surface area contributed by atoms with Gasteiger partial charge in [-0.2, -0.15) is 0 Å². The van der Waals surface area contributed by atoms with Crippen molar-refractivity contribution in [3.63, 3.8) is 0 Å². The number of rotatable bonds is 4. The third-order valence-electron chi connectivity index (χ3n) is 5.33. The van der Waals surface area contributed by atoms with Crippen LogP contribution in [0.15, 0.2) is 70.7 Å². The van der Waals surface area contributed by atoms with Gasteiger partial charge in [0.25, 0.3) is 0 Å². The molecule has 0 saturated carbocycles. The SMILES string of the molecule is OC(CC1C=CC=c2cc3c(n21)=NC=N3)c1ccc(-c2ccc(F)cc2)cc1Cl. The summed E-state index contributed by atoms with van der Waals surface area (Å²) in [4.78, 5) is 8.62. The van der Waals surface area contributed by atoms with Gasteiger partial charge in [0.15, 0.2) is 5.49 Å². The maximum absolute atomic E-state index is 13.2. The van der Waals surface area contributed by atoms with Gasteiger partial charge in [-0.25, -0.2) is 14.4 Å². The van der Waals surface area contributed by atoms with Crippen molar-refractivity contribution >= 4 is 29.7 Å². The number of benzene rings is 2. The fourth-order valence-electron chi connectivity index (χ4n) is 3.89. The van der Waals surface area contributed by atoms with Crippen molar-refractivity contribution in [1.82, 2.24) is 4.57 Å². The average molecular weight is 406 g/mol. The summed E-state index contributed by atoms with van der Waals surface area (Å²) in [5, 5.41) is 12.4. The number of halogens is 2. The molecule has 0 saturated heterocycles. The normalized spacial score (nSPS) is 17.4. The number of aliphatic hydroxyl groups excluding tert-OH is 1. The summed E-state index contributed by atoms with van der Waals surface area (Å²) >= 11 is 6.49. The van der Waals surface area contributed by atoms with Crippen LogP contribution in [-0.4, -0.2) is 16.0 Å². The molecule has 0 fully saturated rings. The number of hydrogen-bond donors (Lipinski definition) is 1. The van der Waals surface area contributed by atoms with Crippen molar-refractivity contribution in [3.8, 4) is 11.1 Å². The Bertz CT molecular complexity index is 1270. The maximum Gasteiger partial charge on any atom is 0.161 e. The van der Waals surface area contributed by atoms with Gasteiger partial charge in [0.2, 0.25) is 0 Å². The van der Waals surface area contributed by atoms with Gasteiger partial charge in [-0.3, -0.25) is 0 Å². The summed E-state index contributed by atoms with van der Waals surface area (Å²) in [5.41, 5.74) is 4.07. The Morgan fingerprint density at radius 2 is 1.90 bits per heavy atom. The monoisotopic (exact) mass is 405 g/mol. The number of aliphatic imine (C=N–C) groups is 1. The van der Waals surface area contributed by atoms with Gasteiger partial charge >= 0.3 is 0 Å². The first-order chi connectivity index (χ1) is 14.1. The topological polar surface area (TPSA) is 49.9 Å². The predicted molar refractivity (Wildman–Crippen MR) is 112 cm³/mol. The molecule has 29 heavy (non-hydrogen) atoms. The summed E-state index contributed by atoms with van der Waals surface area (Å²) in [6.45, 7) is 0. The molecular weight excluding hydrogens is 389 g/mol. The van der Waals surface area contributed by atoms with E-state index in [0.29, 0.717) is 17.0 Å². The molecule has 1 aromatic heterocycles. The zero-order valence-electron chi connectivity index (χ0n) is 15.3. The van der Waals surface area contributed by atoms with E-state index in [1.54, 1.807) is 24.5 Å². The maximum atomic E-state index is 13.2. The molecule has 0 radical (unpaired) electrons. The number of allylic oxidation sites excluding steroid dienone is 2. The Kier molecular flexibility index (Phi) is 4.42. The van der Waals surface area contributed by atoms with Crippen LogP contribution < -0.4 is 10.8 Å². The summed E-state index contributed by atoms with van der Waals surface area (Å²) in [7, 11) is 0. The number of nitrogens with zero attached hydrogens (tertiary/aromatic N) is 3. The Balaban J connectivity index is 1.42. The number of aromatic nitrogens is 1. The molecule has 2 aliphatic rings. The lowest BCUT2D eigenvalue weighted by atomic mass is 9.97. The van der Waals surface area contributed by atoms with Crippen molar-refractivity contribution in [3.05, 3.63) is 87.9 Å². The molecule has 6 heteroatoms. The Labute approximate surface area is 171 Å². The zero-order valence-corrected chi connectivity index (χ0v) is 16.1. The van der Waals surface area contributed by atoms with E-state index >= 15 is 0 Å². The minimum atomic E-state index is -0.745.